The summed E-state index contributed by atoms with van der Waals surface area (Å²) in [7, 11) is 0. The molecule has 3 fully saturated rings. The molecular formula is C26H37N9O2. The predicted molar refractivity (Wildman–Crippen MR) is 140 cm³/mol. The van der Waals surface area contributed by atoms with E-state index >= 15 is 0 Å². The summed E-state index contributed by atoms with van der Waals surface area (Å²) < 4.78 is 7.07. The minimum absolute atomic E-state index is 0.187. The molecule has 0 saturated carbocycles. The Hall–Kier alpha value is -3.21. The van der Waals surface area contributed by atoms with Gasteiger partial charge in [-0.25, -0.2) is 0 Å². The molecule has 3 saturated heterocycles. The van der Waals surface area contributed by atoms with E-state index in [1.807, 2.05) is 24.0 Å². The maximum absolute atomic E-state index is 13.6. The number of furan rings is 1. The Bertz CT molecular complexity index is 1250. The quantitative estimate of drug-likeness (QED) is 0.555. The van der Waals surface area contributed by atoms with Crippen molar-refractivity contribution in [1.29, 1.82) is 0 Å². The lowest BCUT2D eigenvalue weighted by Gasteiger charge is -2.41. The largest absolute Gasteiger partial charge is 0.458 e. The molecule has 0 spiro atoms. The molecule has 198 valence electrons. The van der Waals surface area contributed by atoms with Crippen LogP contribution in [0, 0.1) is 18.8 Å². The number of nitrogen functional groups attached to an aromatic ring is 1. The van der Waals surface area contributed by atoms with Gasteiger partial charge in [0.05, 0.1) is 0 Å². The summed E-state index contributed by atoms with van der Waals surface area (Å²) in [4.78, 5) is 33.9. The van der Waals surface area contributed by atoms with Gasteiger partial charge in [0, 0.05) is 19.6 Å². The van der Waals surface area contributed by atoms with E-state index in [1.165, 1.54) is 30.4 Å². The number of likely N-dealkylation sites (tertiary alicyclic amines) is 2. The van der Waals surface area contributed by atoms with Crippen LogP contribution in [0.4, 0.5) is 11.9 Å². The zero-order valence-corrected chi connectivity index (χ0v) is 21.8. The number of carbonyl (C=O) groups excluding carboxylic acids is 1. The molecule has 11 heteroatoms. The molecule has 3 aromatic heterocycles. The highest BCUT2D eigenvalue weighted by atomic mass is 16.3. The number of aromatic nitrogens is 5. The van der Waals surface area contributed by atoms with Crippen molar-refractivity contribution in [1.82, 2.24) is 34.4 Å². The molecule has 1 amide bonds. The molecule has 2 N–H and O–H groups in total. The lowest BCUT2D eigenvalue weighted by atomic mass is 9.78. The first kappa shape index (κ1) is 24.1. The van der Waals surface area contributed by atoms with E-state index in [2.05, 4.69) is 36.8 Å². The highest BCUT2D eigenvalue weighted by Crippen LogP contribution is 2.34. The minimum atomic E-state index is -0.263. The van der Waals surface area contributed by atoms with Crippen molar-refractivity contribution >= 4 is 23.6 Å². The van der Waals surface area contributed by atoms with E-state index in [0.29, 0.717) is 23.3 Å². The molecular weight excluding hydrogens is 470 g/mol. The fraction of sp³-hybridized carbons (Fsp3) is 0.654. The zero-order valence-electron chi connectivity index (χ0n) is 21.8. The van der Waals surface area contributed by atoms with Crippen LogP contribution in [0.2, 0.25) is 0 Å². The second-order valence-electron chi connectivity index (χ2n) is 10.7. The molecule has 0 radical (unpaired) electrons. The molecule has 3 aliphatic rings. The van der Waals surface area contributed by atoms with Gasteiger partial charge in [0.2, 0.25) is 23.6 Å². The number of nitrogens with zero attached hydrogens (tertiary/aromatic N) is 8. The number of fused-ring (bicyclic) bond motifs is 1. The topological polar surface area (TPSA) is 122 Å². The van der Waals surface area contributed by atoms with Crippen LogP contribution in [-0.2, 0) is 4.79 Å². The van der Waals surface area contributed by atoms with Gasteiger partial charge in [-0.05, 0) is 89.1 Å². The van der Waals surface area contributed by atoms with Crippen LogP contribution >= 0.6 is 0 Å². The van der Waals surface area contributed by atoms with E-state index in [-0.39, 0.29) is 17.9 Å². The first-order chi connectivity index (χ1) is 18.0. The molecule has 0 unspecified atom stereocenters. The van der Waals surface area contributed by atoms with Crippen molar-refractivity contribution in [3.8, 4) is 11.6 Å². The number of hydrogen-bond donors (Lipinski definition) is 1. The summed E-state index contributed by atoms with van der Waals surface area (Å²) in [6, 6.07) is 3.42. The zero-order chi connectivity index (χ0) is 25.5. The Balaban J connectivity index is 1.14. The second-order valence-corrected chi connectivity index (χ2v) is 10.7. The van der Waals surface area contributed by atoms with E-state index < -0.39 is 0 Å². The van der Waals surface area contributed by atoms with Crippen molar-refractivity contribution in [2.45, 2.75) is 58.4 Å². The fourth-order valence-corrected chi connectivity index (χ4v) is 6.39. The molecule has 6 rings (SSSR count). The van der Waals surface area contributed by atoms with E-state index in [4.69, 9.17) is 10.2 Å². The first-order valence-electron chi connectivity index (χ1n) is 13.7. The average molecular weight is 508 g/mol. The van der Waals surface area contributed by atoms with Gasteiger partial charge in [0.15, 0.2) is 5.76 Å². The Morgan fingerprint density at radius 2 is 1.73 bits per heavy atom. The van der Waals surface area contributed by atoms with Crippen molar-refractivity contribution in [3.63, 3.8) is 0 Å². The fourth-order valence-electron chi connectivity index (χ4n) is 6.39. The molecule has 0 bridgehead atoms. The summed E-state index contributed by atoms with van der Waals surface area (Å²) in [6.07, 6.45) is 6.54. The minimum Gasteiger partial charge on any atom is -0.458 e. The summed E-state index contributed by atoms with van der Waals surface area (Å²) in [6.45, 7) is 10.1. The molecule has 6 heterocycles. The lowest BCUT2D eigenvalue weighted by molar-refractivity contribution is -0.134. The second kappa shape index (κ2) is 9.92. The van der Waals surface area contributed by atoms with Crippen LogP contribution in [0.25, 0.3) is 17.4 Å². The number of nitrogens with two attached hydrogens (primary N) is 1. The van der Waals surface area contributed by atoms with Crippen LogP contribution in [0.3, 0.4) is 0 Å². The smallest absolute Gasteiger partial charge is 0.259 e. The van der Waals surface area contributed by atoms with Crippen LogP contribution in [0.15, 0.2) is 16.5 Å². The van der Waals surface area contributed by atoms with Crippen molar-refractivity contribution in [2.75, 3.05) is 49.9 Å². The van der Waals surface area contributed by atoms with Gasteiger partial charge < -0.3 is 24.9 Å². The molecule has 3 aromatic rings. The number of piperidine rings is 2. The van der Waals surface area contributed by atoms with E-state index in [9.17, 15) is 4.79 Å². The summed E-state index contributed by atoms with van der Waals surface area (Å²) >= 11 is 0. The van der Waals surface area contributed by atoms with Crippen LogP contribution in [0.5, 0.6) is 0 Å². The Labute approximate surface area is 217 Å². The molecule has 0 aliphatic carbocycles. The predicted octanol–water partition coefficient (Wildman–Crippen LogP) is 2.61. The standard InChI is InChI=1S/C26H37N9O2/c1-3-32-13-8-18(9-14-32)19-10-15-33(16-11-19)23(36)20-5-4-12-34(20)25-29-24(27)35-26(30-25)28-22(31-35)21-7-6-17(2)37-21/h6-7,18-20H,3-5,8-16H2,1-2H3,(H2,27,28,29,30,31)/t20-/m0/s1. The Morgan fingerprint density at radius 1 is 1.00 bits per heavy atom. The van der Waals surface area contributed by atoms with E-state index in [1.54, 1.807) is 0 Å². The molecule has 37 heavy (non-hydrogen) atoms. The molecule has 3 aliphatic heterocycles. The average Bonchev–Trinajstić information content (AvgIpc) is 3.68. The maximum atomic E-state index is 13.6. The number of amides is 1. The van der Waals surface area contributed by atoms with E-state index in [0.717, 1.165) is 69.5 Å². The van der Waals surface area contributed by atoms with Gasteiger partial charge >= 0.3 is 0 Å². The number of rotatable bonds is 5. The van der Waals surface area contributed by atoms with Crippen molar-refractivity contribution in [2.24, 2.45) is 11.8 Å². The van der Waals surface area contributed by atoms with Gasteiger partial charge in [0.1, 0.15) is 11.8 Å². The first-order valence-corrected chi connectivity index (χ1v) is 13.7. The third kappa shape index (κ3) is 4.65. The molecule has 11 nitrogen and oxygen atoms in total. The van der Waals surface area contributed by atoms with Crippen LogP contribution < -0.4 is 10.6 Å². The Kier molecular flexibility index (Phi) is 6.48. The van der Waals surface area contributed by atoms with Gasteiger partial charge in [-0.1, -0.05) is 6.92 Å². The number of hydrogen-bond acceptors (Lipinski definition) is 9. The third-order valence-electron chi connectivity index (χ3n) is 8.57. The molecule has 1 atom stereocenters. The number of carbonyl (C=O) groups is 1. The van der Waals surface area contributed by atoms with Gasteiger partial charge in [-0.15, -0.1) is 5.10 Å². The number of aryl methyl sites for hydroxylation is 1. The van der Waals surface area contributed by atoms with Crippen molar-refractivity contribution < 1.29 is 9.21 Å². The van der Waals surface area contributed by atoms with Crippen LogP contribution in [-0.4, -0.2) is 85.6 Å². The monoisotopic (exact) mass is 507 g/mol. The number of anilines is 2. The van der Waals surface area contributed by atoms with Crippen molar-refractivity contribution in [3.05, 3.63) is 17.9 Å². The normalized spacial score (nSPS) is 22.4. The third-order valence-corrected chi connectivity index (χ3v) is 8.57. The maximum Gasteiger partial charge on any atom is 0.259 e. The Morgan fingerprint density at radius 3 is 2.41 bits per heavy atom. The lowest BCUT2D eigenvalue weighted by Crippen LogP contribution is -2.50. The highest BCUT2D eigenvalue weighted by Gasteiger charge is 2.38. The van der Waals surface area contributed by atoms with Crippen LogP contribution in [0.1, 0.15) is 51.2 Å². The van der Waals surface area contributed by atoms with Gasteiger partial charge in [-0.2, -0.15) is 19.5 Å². The highest BCUT2D eigenvalue weighted by molar-refractivity contribution is 5.85. The van der Waals surface area contributed by atoms with Gasteiger partial charge in [-0.3, -0.25) is 4.79 Å². The SMILES string of the molecule is CCN1CCC(C2CCN(C(=O)[C@@H]3CCCN3c3nc(N)n4nc(-c5ccc(C)o5)nc4n3)CC2)CC1. The summed E-state index contributed by atoms with van der Waals surface area (Å²) in [5, 5.41) is 4.41. The van der Waals surface area contributed by atoms with Gasteiger partial charge in [0.25, 0.3) is 5.78 Å². The molecule has 0 aromatic carbocycles. The summed E-state index contributed by atoms with van der Waals surface area (Å²) in [5.74, 6) is 4.45. The summed E-state index contributed by atoms with van der Waals surface area (Å²) in [5.41, 5.74) is 6.24.